The van der Waals surface area contributed by atoms with Gasteiger partial charge in [-0.2, -0.15) is 0 Å². The Labute approximate surface area is 85.3 Å². The quantitative estimate of drug-likeness (QED) is 0.693. The summed E-state index contributed by atoms with van der Waals surface area (Å²) < 4.78 is 0. The second kappa shape index (κ2) is 3.77. The van der Waals surface area contributed by atoms with Crippen LogP contribution in [0, 0.1) is 5.41 Å². The maximum absolute atomic E-state index is 11.5. The number of nitrogens with zero attached hydrogens (tertiary/aromatic N) is 1. The lowest BCUT2D eigenvalue weighted by atomic mass is 9.64. The van der Waals surface area contributed by atoms with Gasteiger partial charge in [-0.25, -0.2) is 4.79 Å². The Morgan fingerprint density at radius 1 is 1.64 bits per heavy atom. The number of aliphatic hydroxyl groups is 1. The van der Waals surface area contributed by atoms with E-state index in [2.05, 4.69) is 5.32 Å². The lowest BCUT2D eigenvalue weighted by Gasteiger charge is -2.49. The minimum atomic E-state index is -0.292. The van der Waals surface area contributed by atoms with Gasteiger partial charge in [-0.05, 0) is 13.3 Å². The molecule has 4 heteroatoms. The van der Waals surface area contributed by atoms with Gasteiger partial charge in [-0.15, -0.1) is 0 Å². The minimum Gasteiger partial charge on any atom is -0.392 e. The van der Waals surface area contributed by atoms with Gasteiger partial charge in [0.05, 0.1) is 6.10 Å². The van der Waals surface area contributed by atoms with Crippen LogP contribution < -0.4 is 5.32 Å². The molecule has 0 aliphatic heterocycles. The van der Waals surface area contributed by atoms with Gasteiger partial charge in [-0.3, -0.25) is 0 Å². The van der Waals surface area contributed by atoms with Crippen LogP contribution in [0.15, 0.2) is 0 Å². The highest BCUT2D eigenvalue weighted by Gasteiger charge is 2.48. The summed E-state index contributed by atoms with van der Waals surface area (Å²) in [6.45, 7) is 6.57. The van der Waals surface area contributed by atoms with E-state index in [1.165, 1.54) is 0 Å². The second-order valence-electron chi connectivity index (χ2n) is 4.59. The van der Waals surface area contributed by atoms with E-state index in [0.29, 0.717) is 13.0 Å². The molecule has 1 aliphatic carbocycles. The first-order chi connectivity index (χ1) is 6.39. The van der Waals surface area contributed by atoms with E-state index in [1.807, 2.05) is 20.8 Å². The first-order valence-electron chi connectivity index (χ1n) is 5.09. The molecule has 0 aromatic carbocycles. The Balaban J connectivity index is 2.44. The van der Waals surface area contributed by atoms with Gasteiger partial charge >= 0.3 is 6.03 Å². The van der Waals surface area contributed by atoms with Crippen molar-refractivity contribution in [2.75, 3.05) is 13.6 Å². The van der Waals surface area contributed by atoms with Crippen molar-refractivity contribution >= 4 is 6.03 Å². The third-order valence-corrected chi connectivity index (χ3v) is 3.33. The van der Waals surface area contributed by atoms with Crippen molar-refractivity contribution in [1.29, 1.82) is 0 Å². The normalized spacial score (nSPS) is 29.2. The number of amides is 2. The number of aliphatic hydroxyl groups excluding tert-OH is 1. The summed E-state index contributed by atoms with van der Waals surface area (Å²) >= 11 is 0. The fraction of sp³-hybridized carbons (Fsp3) is 0.900. The van der Waals surface area contributed by atoms with E-state index in [-0.39, 0.29) is 23.6 Å². The van der Waals surface area contributed by atoms with Crippen LogP contribution in [0.2, 0.25) is 0 Å². The predicted molar refractivity (Wildman–Crippen MR) is 55.0 cm³/mol. The van der Waals surface area contributed by atoms with Crippen molar-refractivity contribution in [1.82, 2.24) is 10.2 Å². The van der Waals surface area contributed by atoms with Crippen LogP contribution in [0.3, 0.4) is 0 Å². The Morgan fingerprint density at radius 3 is 2.57 bits per heavy atom. The van der Waals surface area contributed by atoms with Gasteiger partial charge in [0, 0.05) is 25.0 Å². The van der Waals surface area contributed by atoms with Crippen LogP contribution in [0.5, 0.6) is 0 Å². The molecule has 0 heterocycles. The Morgan fingerprint density at radius 2 is 2.21 bits per heavy atom. The molecule has 1 saturated carbocycles. The molecule has 0 aromatic heterocycles. The van der Waals surface area contributed by atoms with Crippen LogP contribution >= 0.6 is 0 Å². The van der Waals surface area contributed by atoms with Gasteiger partial charge in [0.2, 0.25) is 0 Å². The third-order valence-electron chi connectivity index (χ3n) is 3.33. The summed E-state index contributed by atoms with van der Waals surface area (Å²) in [6, 6.07) is 0.0384. The second-order valence-corrected chi connectivity index (χ2v) is 4.59. The van der Waals surface area contributed by atoms with Crippen molar-refractivity contribution in [2.24, 2.45) is 5.41 Å². The molecule has 2 amide bonds. The molecule has 0 saturated heterocycles. The number of carbonyl (C=O) groups is 1. The molecule has 0 bridgehead atoms. The van der Waals surface area contributed by atoms with Crippen molar-refractivity contribution < 1.29 is 9.90 Å². The summed E-state index contributed by atoms with van der Waals surface area (Å²) in [5.41, 5.74) is -0.190. The van der Waals surface area contributed by atoms with E-state index >= 15 is 0 Å². The lowest BCUT2D eigenvalue weighted by Crippen LogP contribution is -2.62. The average Bonchev–Trinajstić information content (AvgIpc) is 2.16. The number of nitrogens with one attached hydrogen (secondary N) is 1. The van der Waals surface area contributed by atoms with E-state index in [1.54, 1.807) is 11.9 Å². The fourth-order valence-electron chi connectivity index (χ4n) is 1.55. The Kier molecular flexibility index (Phi) is 3.04. The molecular formula is C10H20N2O2. The molecule has 82 valence electrons. The van der Waals surface area contributed by atoms with Crippen LogP contribution in [0.1, 0.15) is 27.2 Å². The molecule has 1 fully saturated rings. The first-order valence-corrected chi connectivity index (χ1v) is 5.09. The maximum atomic E-state index is 11.5. The van der Waals surface area contributed by atoms with E-state index in [0.717, 1.165) is 0 Å². The molecule has 2 unspecified atom stereocenters. The zero-order valence-corrected chi connectivity index (χ0v) is 9.37. The summed E-state index contributed by atoms with van der Waals surface area (Å²) in [5, 5.41) is 12.4. The molecule has 0 radical (unpaired) electrons. The summed E-state index contributed by atoms with van der Waals surface area (Å²) in [6.07, 6.45) is 0.371. The summed E-state index contributed by atoms with van der Waals surface area (Å²) in [5.74, 6) is 0. The van der Waals surface area contributed by atoms with Crippen LogP contribution in [-0.2, 0) is 0 Å². The standard InChI is InChI=1S/C10H20N2O2/c1-5-12(4)9(14)11-7-6-8(13)10(7,2)3/h7-8,13H,5-6H2,1-4H3,(H,11,14). The molecule has 2 N–H and O–H groups in total. The topological polar surface area (TPSA) is 52.6 Å². The van der Waals surface area contributed by atoms with Crippen LogP contribution in [0.25, 0.3) is 0 Å². The number of carbonyl (C=O) groups excluding carboxylic acids is 1. The lowest BCUT2D eigenvalue weighted by molar-refractivity contribution is -0.0687. The minimum absolute atomic E-state index is 0.0579. The Hall–Kier alpha value is -0.770. The number of urea groups is 1. The van der Waals surface area contributed by atoms with Gasteiger partial charge in [0.1, 0.15) is 0 Å². The van der Waals surface area contributed by atoms with Gasteiger partial charge in [0.25, 0.3) is 0 Å². The number of hydrogen-bond acceptors (Lipinski definition) is 2. The van der Waals surface area contributed by atoms with Gasteiger partial charge < -0.3 is 15.3 Å². The third kappa shape index (κ3) is 1.85. The van der Waals surface area contributed by atoms with E-state index in [9.17, 15) is 9.90 Å². The molecular weight excluding hydrogens is 180 g/mol. The predicted octanol–water partition coefficient (Wildman–Crippen LogP) is 0.807. The van der Waals surface area contributed by atoms with Gasteiger partial charge in [-0.1, -0.05) is 13.8 Å². The molecule has 1 aliphatic rings. The number of rotatable bonds is 2. The number of hydrogen-bond donors (Lipinski definition) is 2. The highest BCUT2D eigenvalue weighted by molar-refractivity contribution is 5.74. The van der Waals surface area contributed by atoms with E-state index < -0.39 is 0 Å². The molecule has 0 spiro atoms. The largest absolute Gasteiger partial charge is 0.392 e. The van der Waals surface area contributed by atoms with Crippen molar-refractivity contribution in [3.8, 4) is 0 Å². The van der Waals surface area contributed by atoms with Crippen molar-refractivity contribution in [3.63, 3.8) is 0 Å². The smallest absolute Gasteiger partial charge is 0.317 e. The monoisotopic (exact) mass is 200 g/mol. The van der Waals surface area contributed by atoms with Gasteiger partial charge in [0.15, 0.2) is 0 Å². The molecule has 0 aromatic rings. The SMILES string of the molecule is CCN(C)C(=O)NC1CC(O)C1(C)C. The van der Waals surface area contributed by atoms with Crippen molar-refractivity contribution in [3.05, 3.63) is 0 Å². The molecule has 2 atom stereocenters. The molecule has 1 rings (SSSR count). The van der Waals surface area contributed by atoms with Crippen molar-refractivity contribution in [2.45, 2.75) is 39.3 Å². The first kappa shape index (κ1) is 11.3. The zero-order valence-electron chi connectivity index (χ0n) is 9.37. The molecule has 4 nitrogen and oxygen atoms in total. The summed E-state index contributed by atoms with van der Waals surface area (Å²) in [4.78, 5) is 13.1. The average molecular weight is 200 g/mol. The fourth-order valence-corrected chi connectivity index (χ4v) is 1.55. The zero-order chi connectivity index (χ0) is 10.9. The van der Waals surface area contributed by atoms with E-state index in [4.69, 9.17) is 0 Å². The molecule has 14 heavy (non-hydrogen) atoms. The highest BCUT2D eigenvalue weighted by atomic mass is 16.3. The van der Waals surface area contributed by atoms with Crippen LogP contribution in [0.4, 0.5) is 4.79 Å². The summed E-state index contributed by atoms with van der Waals surface area (Å²) in [7, 11) is 1.76. The maximum Gasteiger partial charge on any atom is 0.317 e. The van der Waals surface area contributed by atoms with Crippen LogP contribution in [-0.4, -0.2) is 41.8 Å². The Bertz CT molecular complexity index is 228. The highest BCUT2D eigenvalue weighted by Crippen LogP contribution is 2.40.